The highest BCUT2D eigenvalue weighted by molar-refractivity contribution is 8.00. The molecule has 0 unspecified atom stereocenters. The number of carbonyl (C=O) groups is 2. The fourth-order valence-corrected chi connectivity index (χ4v) is 3.03. The van der Waals surface area contributed by atoms with Gasteiger partial charge in [-0.25, -0.2) is 0 Å². The number of amides is 1. The molecule has 0 aliphatic carbocycles. The third-order valence-electron chi connectivity index (χ3n) is 3.49. The van der Waals surface area contributed by atoms with E-state index in [0.29, 0.717) is 9.92 Å². The van der Waals surface area contributed by atoms with Gasteiger partial charge in [-0.3, -0.25) is 19.7 Å². The summed E-state index contributed by atoms with van der Waals surface area (Å²) in [6, 6.07) is 12.7. The molecule has 0 spiro atoms. The Labute approximate surface area is 165 Å². The van der Waals surface area contributed by atoms with E-state index < -0.39 is 16.8 Å². The second-order valence-electron chi connectivity index (χ2n) is 5.54. The molecule has 0 aliphatic heterocycles. The highest BCUT2D eigenvalue weighted by atomic mass is 35.5. The first-order valence-electron chi connectivity index (χ1n) is 7.93. The van der Waals surface area contributed by atoms with E-state index in [1.165, 1.54) is 23.9 Å². The van der Waals surface area contributed by atoms with Crippen molar-refractivity contribution in [2.75, 3.05) is 12.4 Å². The molecule has 0 aliphatic rings. The number of carbonyl (C=O) groups excluding carboxylic acids is 2. The predicted molar refractivity (Wildman–Crippen MR) is 103 cm³/mol. The Balaban J connectivity index is 1.73. The molecule has 0 saturated heterocycles. The van der Waals surface area contributed by atoms with Gasteiger partial charge in [0.15, 0.2) is 6.61 Å². The molecule has 1 amide bonds. The van der Waals surface area contributed by atoms with Gasteiger partial charge in [0, 0.05) is 22.1 Å². The van der Waals surface area contributed by atoms with Crippen LogP contribution in [0.2, 0.25) is 5.02 Å². The summed E-state index contributed by atoms with van der Waals surface area (Å²) in [6.45, 7) is 1.42. The number of esters is 1. The fraction of sp³-hybridized carbons (Fsp3) is 0.222. The number of rotatable bonds is 8. The van der Waals surface area contributed by atoms with E-state index in [2.05, 4.69) is 5.32 Å². The van der Waals surface area contributed by atoms with Gasteiger partial charge in [0.1, 0.15) is 0 Å². The Morgan fingerprint density at radius 2 is 1.96 bits per heavy atom. The summed E-state index contributed by atoms with van der Waals surface area (Å²) in [5.74, 6) is -0.977. The zero-order valence-corrected chi connectivity index (χ0v) is 16.0. The summed E-state index contributed by atoms with van der Waals surface area (Å²) in [5.41, 5.74) is 0.823. The second-order valence-corrected chi connectivity index (χ2v) is 7.03. The molecule has 0 saturated carbocycles. The van der Waals surface area contributed by atoms with Crippen molar-refractivity contribution < 1.29 is 19.2 Å². The van der Waals surface area contributed by atoms with Crippen LogP contribution < -0.4 is 5.32 Å². The van der Waals surface area contributed by atoms with Crippen molar-refractivity contribution in [1.29, 1.82) is 0 Å². The van der Waals surface area contributed by atoms with Crippen LogP contribution in [-0.2, 0) is 14.3 Å². The van der Waals surface area contributed by atoms with Gasteiger partial charge in [-0.2, -0.15) is 0 Å². The van der Waals surface area contributed by atoms with E-state index >= 15 is 0 Å². The molecule has 0 bridgehead atoms. The molecule has 142 valence electrons. The quantitative estimate of drug-likeness (QED) is 0.309. The molecule has 1 N–H and O–H groups in total. The van der Waals surface area contributed by atoms with E-state index in [1.54, 1.807) is 37.3 Å². The average molecular weight is 409 g/mol. The Kier molecular flexibility index (Phi) is 7.63. The maximum Gasteiger partial charge on any atom is 0.316 e. The fourth-order valence-electron chi connectivity index (χ4n) is 2.14. The number of non-ortho nitro benzene ring substituents is 1. The molecule has 1 atom stereocenters. The maximum atomic E-state index is 11.9. The summed E-state index contributed by atoms with van der Waals surface area (Å²) in [7, 11) is 0. The molecular weight excluding hydrogens is 392 g/mol. The number of nitrogens with one attached hydrogen (secondary N) is 1. The van der Waals surface area contributed by atoms with Crippen LogP contribution in [0.1, 0.15) is 18.5 Å². The van der Waals surface area contributed by atoms with Crippen LogP contribution in [0.15, 0.2) is 53.4 Å². The van der Waals surface area contributed by atoms with Crippen LogP contribution >= 0.6 is 23.4 Å². The maximum absolute atomic E-state index is 11.9. The number of nitro benzene ring substituents is 1. The van der Waals surface area contributed by atoms with Crippen molar-refractivity contribution in [1.82, 2.24) is 5.32 Å². The second kappa shape index (κ2) is 9.94. The molecule has 27 heavy (non-hydrogen) atoms. The van der Waals surface area contributed by atoms with E-state index in [1.807, 2.05) is 6.07 Å². The average Bonchev–Trinajstić information content (AvgIpc) is 2.65. The first-order valence-corrected chi connectivity index (χ1v) is 9.29. The Morgan fingerprint density at radius 3 is 2.59 bits per heavy atom. The molecule has 7 nitrogen and oxygen atoms in total. The number of hydrogen-bond acceptors (Lipinski definition) is 6. The third kappa shape index (κ3) is 6.92. The standard InChI is InChI=1S/C18H17ClN2O5S/c1-12(13-3-2-4-14(19)9-13)20-17(22)10-26-18(23)11-27-16-7-5-15(6-8-16)21(24)25/h2-9,12H,10-11H2,1H3,(H,20,22)/t12-/m1/s1. The summed E-state index contributed by atoms with van der Waals surface area (Å²) < 4.78 is 4.94. The first-order chi connectivity index (χ1) is 12.8. The van der Waals surface area contributed by atoms with Crippen molar-refractivity contribution in [2.45, 2.75) is 17.9 Å². The first kappa shape index (κ1) is 20.7. The SMILES string of the molecule is C[C@@H](NC(=O)COC(=O)CSc1ccc([N+](=O)[O-])cc1)c1cccc(Cl)c1. The molecular formula is C18H17ClN2O5S. The number of hydrogen-bond donors (Lipinski definition) is 1. The molecule has 2 aromatic rings. The van der Waals surface area contributed by atoms with E-state index in [9.17, 15) is 19.7 Å². The molecule has 2 aromatic carbocycles. The Hall–Kier alpha value is -2.58. The molecule has 0 heterocycles. The summed E-state index contributed by atoms with van der Waals surface area (Å²) in [6.07, 6.45) is 0. The van der Waals surface area contributed by atoms with E-state index in [-0.39, 0.29) is 24.1 Å². The number of ether oxygens (including phenoxy) is 1. The number of halogens is 1. The minimum atomic E-state index is -0.552. The van der Waals surface area contributed by atoms with Gasteiger partial charge in [-0.15, -0.1) is 11.8 Å². The van der Waals surface area contributed by atoms with Crippen LogP contribution in [0.25, 0.3) is 0 Å². The number of thioether (sulfide) groups is 1. The van der Waals surface area contributed by atoms with Gasteiger partial charge in [-0.1, -0.05) is 23.7 Å². The minimum absolute atomic E-state index is 0.00502. The van der Waals surface area contributed by atoms with Crippen molar-refractivity contribution in [3.05, 3.63) is 69.2 Å². The topological polar surface area (TPSA) is 98.5 Å². The lowest BCUT2D eigenvalue weighted by Gasteiger charge is -2.14. The van der Waals surface area contributed by atoms with Gasteiger partial charge in [-0.05, 0) is 36.8 Å². The van der Waals surface area contributed by atoms with Crippen LogP contribution in [-0.4, -0.2) is 29.2 Å². The monoisotopic (exact) mass is 408 g/mol. The van der Waals surface area contributed by atoms with Crippen LogP contribution in [0.5, 0.6) is 0 Å². The zero-order chi connectivity index (χ0) is 19.8. The molecule has 0 aromatic heterocycles. The highest BCUT2D eigenvalue weighted by Crippen LogP contribution is 2.21. The van der Waals surface area contributed by atoms with E-state index in [4.69, 9.17) is 16.3 Å². The predicted octanol–water partition coefficient (Wildman–Crippen LogP) is 3.76. The van der Waals surface area contributed by atoms with E-state index in [0.717, 1.165) is 5.56 Å². The lowest BCUT2D eigenvalue weighted by Crippen LogP contribution is -2.31. The number of nitrogens with zero attached hydrogens (tertiary/aromatic N) is 1. The van der Waals surface area contributed by atoms with Gasteiger partial charge in [0.25, 0.3) is 11.6 Å². The third-order valence-corrected chi connectivity index (χ3v) is 4.72. The zero-order valence-electron chi connectivity index (χ0n) is 14.4. The van der Waals surface area contributed by atoms with Crippen LogP contribution in [0.3, 0.4) is 0 Å². The van der Waals surface area contributed by atoms with Crippen molar-refractivity contribution in [3.8, 4) is 0 Å². The molecule has 2 rings (SSSR count). The largest absolute Gasteiger partial charge is 0.455 e. The normalized spacial score (nSPS) is 11.5. The van der Waals surface area contributed by atoms with Crippen molar-refractivity contribution >= 4 is 40.9 Å². The smallest absolute Gasteiger partial charge is 0.316 e. The van der Waals surface area contributed by atoms with Crippen LogP contribution in [0.4, 0.5) is 5.69 Å². The Morgan fingerprint density at radius 1 is 1.26 bits per heavy atom. The number of nitro groups is 1. The van der Waals surface area contributed by atoms with Gasteiger partial charge < -0.3 is 10.1 Å². The van der Waals surface area contributed by atoms with Gasteiger partial charge >= 0.3 is 5.97 Å². The Bertz CT molecular complexity index is 829. The highest BCUT2D eigenvalue weighted by Gasteiger charge is 2.13. The lowest BCUT2D eigenvalue weighted by molar-refractivity contribution is -0.384. The summed E-state index contributed by atoms with van der Waals surface area (Å²) >= 11 is 7.09. The lowest BCUT2D eigenvalue weighted by atomic mass is 10.1. The van der Waals surface area contributed by atoms with Crippen LogP contribution in [0, 0.1) is 10.1 Å². The van der Waals surface area contributed by atoms with Gasteiger partial charge in [0.05, 0.1) is 16.7 Å². The minimum Gasteiger partial charge on any atom is -0.455 e. The van der Waals surface area contributed by atoms with Gasteiger partial charge in [0.2, 0.25) is 0 Å². The summed E-state index contributed by atoms with van der Waals surface area (Å²) in [4.78, 5) is 34.4. The van der Waals surface area contributed by atoms with Crippen molar-refractivity contribution in [2.24, 2.45) is 0 Å². The number of benzene rings is 2. The molecule has 0 fully saturated rings. The summed E-state index contributed by atoms with van der Waals surface area (Å²) in [5, 5.41) is 13.9. The van der Waals surface area contributed by atoms with Crippen molar-refractivity contribution in [3.63, 3.8) is 0 Å². The molecule has 9 heteroatoms. The molecule has 0 radical (unpaired) electrons.